The van der Waals surface area contributed by atoms with Crippen molar-refractivity contribution in [3.05, 3.63) is 58.6 Å². The molecule has 0 aliphatic carbocycles. The predicted molar refractivity (Wildman–Crippen MR) is 112 cm³/mol. The Bertz CT molecular complexity index is 887. The Morgan fingerprint density at radius 3 is 2.69 bits per heavy atom. The average Bonchev–Trinajstić information content (AvgIpc) is 2.74. The summed E-state index contributed by atoms with van der Waals surface area (Å²) < 4.78 is 11.1. The molecular formula is C22H25ClN2O4. The lowest BCUT2D eigenvalue weighted by Gasteiger charge is -2.26. The first kappa shape index (κ1) is 21.0. The number of fused-ring (bicyclic) bond motifs is 1. The van der Waals surface area contributed by atoms with Crippen LogP contribution >= 0.6 is 11.6 Å². The van der Waals surface area contributed by atoms with Crippen LogP contribution < -0.4 is 9.47 Å². The molecular weight excluding hydrogens is 392 g/mol. The van der Waals surface area contributed by atoms with E-state index in [-0.39, 0.29) is 18.4 Å². The summed E-state index contributed by atoms with van der Waals surface area (Å²) in [6, 6.07) is 12.2. The van der Waals surface area contributed by atoms with E-state index in [1.165, 1.54) is 0 Å². The molecule has 154 valence electrons. The van der Waals surface area contributed by atoms with E-state index in [4.69, 9.17) is 21.1 Å². The molecule has 7 heteroatoms. The molecule has 1 aliphatic heterocycles. The van der Waals surface area contributed by atoms with E-state index in [1.54, 1.807) is 60.4 Å². The average molecular weight is 417 g/mol. The fourth-order valence-corrected chi connectivity index (χ4v) is 3.45. The summed E-state index contributed by atoms with van der Waals surface area (Å²) in [7, 11) is 3.34. The molecule has 0 N–H and O–H groups in total. The molecule has 0 aromatic heterocycles. The van der Waals surface area contributed by atoms with E-state index in [0.29, 0.717) is 47.3 Å². The van der Waals surface area contributed by atoms with Crippen molar-refractivity contribution < 1.29 is 19.1 Å². The van der Waals surface area contributed by atoms with Gasteiger partial charge < -0.3 is 19.3 Å². The van der Waals surface area contributed by atoms with Crippen molar-refractivity contribution in [3.63, 3.8) is 0 Å². The number of amides is 2. The summed E-state index contributed by atoms with van der Waals surface area (Å²) in [5.41, 5.74) is 1.02. The largest absolute Gasteiger partial charge is 0.497 e. The monoisotopic (exact) mass is 416 g/mol. The van der Waals surface area contributed by atoms with Crippen molar-refractivity contribution in [2.45, 2.75) is 12.8 Å². The van der Waals surface area contributed by atoms with E-state index < -0.39 is 0 Å². The van der Waals surface area contributed by atoms with E-state index in [2.05, 4.69) is 0 Å². The molecule has 29 heavy (non-hydrogen) atoms. The summed E-state index contributed by atoms with van der Waals surface area (Å²) in [5.74, 6) is 0.936. The quantitative estimate of drug-likeness (QED) is 0.748. The van der Waals surface area contributed by atoms with Crippen LogP contribution in [0.1, 0.15) is 33.6 Å². The maximum absolute atomic E-state index is 13.0. The van der Waals surface area contributed by atoms with E-state index >= 15 is 0 Å². The highest BCUT2D eigenvalue weighted by molar-refractivity contribution is 6.31. The fourth-order valence-electron chi connectivity index (χ4n) is 3.27. The maximum Gasteiger partial charge on any atom is 0.257 e. The van der Waals surface area contributed by atoms with Gasteiger partial charge in [0, 0.05) is 30.7 Å². The molecule has 2 aromatic rings. The first-order valence-corrected chi connectivity index (χ1v) is 9.98. The summed E-state index contributed by atoms with van der Waals surface area (Å²) in [5, 5.41) is 0.482. The lowest BCUT2D eigenvalue weighted by Crippen LogP contribution is -2.37. The van der Waals surface area contributed by atoms with Crippen LogP contribution in [0.5, 0.6) is 11.5 Å². The van der Waals surface area contributed by atoms with Gasteiger partial charge >= 0.3 is 0 Å². The summed E-state index contributed by atoms with van der Waals surface area (Å²) in [6.45, 7) is 1.88. The zero-order chi connectivity index (χ0) is 20.8. The standard InChI is InChI=1S/C22H25ClN2O4/c1-24-10-3-4-11-25(21(26)16-6-5-7-18(14-16)28-2)12-13-29-20-9-8-17(23)15-19(20)22(24)27/h5-9,14-15H,3-4,10-13H2,1-2H3. The number of ether oxygens (including phenoxy) is 2. The molecule has 0 unspecified atom stereocenters. The molecule has 0 radical (unpaired) electrons. The van der Waals surface area contributed by atoms with Gasteiger partial charge in [-0.15, -0.1) is 0 Å². The molecule has 6 nitrogen and oxygen atoms in total. The number of nitrogens with zero attached hydrogens (tertiary/aromatic N) is 2. The Balaban J connectivity index is 1.80. The van der Waals surface area contributed by atoms with Crippen molar-refractivity contribution in [3.8, 4) is 11.5 Å². The minimum atomic E-state index is -0.118. The fraction of sp³-hybridized carbons (Fsp3) is 0.364. The van der Waals surface area contributed by atoms with E-state index in [0.717, 1.165) is 12.8 Å². The Kier molecular flexibility index (Phi) is 6.99. The molecule has 0 bridgehead atoms. The molecule has 3 rings (SSSR count). The SMILES string of the molecule is COc1cccc(C(=O)N2CCCCN(C)C(=O)c3cc(Cl)ccc3OCC2)c1. The van der Waals surface area contributed by atoms with Crippen LogP contribution in [0.15, 0.2) is 42.5 Å². The van der Waals surface area contributed by atoms with Crippen molar-refractivity contribution in [2.75, 3.05) is 40.4 Å². The molecule has 1 aliphatic rings. The highest BCUT2D eigenvalue weighted by Crippen LogP contribution is 2.25. The Morgan fingerprint density at radius 2 is 1.90 bits per heavy atom. The summed E-state index contributed by atoms with van der Waals surface area (Å²) in [6.07, 6.45) is 1.58. The Labute approximate surface area is 176 Å². The third-order valence-corrected chi connectivity index (χ3v) is 5.15. The number of hydrogen-bond acceptors (Lipinski definition) is 4. The van der Waals surface area contributed by atoms with Crippen LogP contribution in [0.4, 0.5) is 0 Å². The third kappa shape index (κ3) is 5.21. The summed E-state index contributed by atoms with van der Waals surface area (Å²) in [4.78, 5) is 29.2. The smallest absolute Gasteiger partial charge is 0.257 e. The van der Waals surface area contributed by atoms with Crippen molar-refractivity contribution in [2.24, 2.45) is 0 Å². The van der Waals surface area contributed by atoms with Crippen LogP contribution in [0.25, 0.3) is 0 Å². The maximum atomic E-state index is 13.0. The normalized spacial score (nSPS) is 15.6. The number of benzene rings is 2. The number of methoxy groups -OCH3 is 1. The molecule has 2 amide bonds. The second kappa shape index (κ2) is 9.65. The van der Waals surface area contributed by atoms with Gasteiger partial charge in [-0.25, -0.2) is 0 Å². The minimum Gasteiger partial charge on any atom is -0.497 e. The Hall–Kier alpha value is -2.73. The topological polar surface area (TPSA) is 59.1 Å². The highest BCUT2D eigenvalue weighted by atomic mass is 35.5. The second-order valence-electron chi connectivity index (χ2n) is 6.95. The van der Waals surface area contributed by atoms with Gasteiger partial charge in [-0.05, 0) is 49.2 Å². The van der Waals surface area contributed by atoms with Crippen molar-refractivity contribution in [1.29, 1.82) is 0 Å². The molecule has 0 spiro atoms. The van der Waals surface area contributed by atoms with Crippen LogP contribution in [0, 0.1) is 0 Å². The van der Waals surface area contributed by atoms with E-state index in [9.17, 15) is 9.59 Å². The van der Waals surface area contributed by atoms with Crippen LogP contribution in [-0.2, 0) is 0 Å². The molecule has 0 fully saturated rings. The van der Waals surface area contributed by atoms with Crippen molar-refractivity contribution >= 4 is 23.4 Å². The first-order chi connectivity index (χ1) is 14.0. The van der Waals surface area contributed by atoms with Gasteiger partial charge in [0.1, 0.15) is 18.1 Å². The van der Waals surface area contributed by atoms with Crippen molar-refractivity contribution in [1.82, 2.24) is 9.80 Å². The van der Waals surface area contributed by atoms with Gasteiger partial charge in [0.2, 0.25) is 0 Å². The molecule has 0 atom stereocenters. The number of rotatable bonds is 2. The highest BCUT2D eigenvalue weighted by Gasteiger charge is 2.21. The van der Waals surface area contributed by atoms with Crippen LogP contribution in [0.3, 0.4) is 0 Å². The summed E-state index contributed by atoms with van der Waals surface area (Å²) >= 11 is 6.08. The van der Waals surface area contributed by atoms with Gasteiger partial charge in [0.15, 0.2) is 0 Å². The van der Waals surface area contributed by atoms with Gasteiger partial charge in [0.05, 0.1) is 19.2 Å². The van der Waals surface area contributed by atoms with E-state index in [1.807, 2.05) is 6.07 Å². The molecule has 0 saturated carbocycles. The lowest BCUT2D eigenvalue weighted by molar-refractivity contribution is 0.0703. The van der Waals surface area contributed by atoms with Gasteiger partial charge in [-0.1, -0.05) is 17.7 Å². The molecule has 1 heterocycles. The minimum absolute atomic E-state index is 0.0645. The molecule has 0 saturated heterocycles. The first-order valence-electron chi connectivity index (χ1n) is 9.60. The van der Waals surface area contributed by atoms with Crippen LogP contribution in [0.2, 0.25) is 5.02 Å². The zero-order valence-corrected chi connectivity index (χ0v) is 17.4. The molecule has 2 aromatic carbocycles. The number of carbonyl (C=O) groups is 2. The Morgan fingerprint density at radius 1 is 1.10 bits per heavy atom. The lowest BCUT2D eigenvalue weighted by atomic mass is 10.1. The van der Waals surface area contributed by atoms with Crippen LogP contribution in [-0.4, -0.2) is 62.0 Å². The van der Waals surface area contributed by atoms with Gasteiger partial charge in [0.25, 0.3) is 11.8 Å². The van der Waals surface area contributed by atoms with Gasteiger partial charge in [-0.3, -0.25) is 9.59 Å². The zero-order valence-electron chi connectivity index (χ0n) is 16.7. The third-order valence-electron chi connectivity index (χ3n) is 4.91. The number of carbonyl (C=O) groups excluding carboxylic acids is 2. The predicted octanol–water partition coefficient (Wildman–Crippen LogP) is 3.74. The number of halogens is 1. The van der Waals surface area contributed by atoms with Gasteiger partial charge in [-0.2, -0.15) is 0 Å². The number of hydrogen-bond donors (Lipinski definition) is 0. The second-order valence-corrected chi connectivity index (χ2v) is 7.38.